The van der Waals surface area contributed by atoms with E-state index in [4.69, 9.17) is 4.74 Å². The number of benzene rings is 2. The zero-order chi connectivity index (χ0) is 21.2. The third kappa shape index (κ3) is 4.85. The van der Waals surface area contributed by atoms with Gasteiger partial charge in [-0.05, 0) is 73.2 Å². The van der Waals surface area contributed by atoms with Crippen LogP contribution in [0.2, 0.25) is 0 Å². The number of hydrogen-bond acceptors (Lipinski definition) is 4. The van der Waals surface area contributed by atoms with E-state index in [1.165, 1.54) is 22.0 Å². The second kappa shape index (κ2) is 8.63. The van der Waals surface area contributed by atoms with Gasteiger partial charge in [0.2, 0.25) is 10.0 Å². The Balaban J connectivity index is 1.61. The van der Waals surface area contributed by atoms with Crippen molar-refractivity contribution in [1.82, 2.24) is 4.31 Å². The highest BCUT2D eigenvalue weighted by Gasteiger charge is 2.33. The molecular weight excluding hydrogens is 393 g/mol. The molecule has 0 aliphatic carbocycles. The Labute approximate surface area is 171 Å². The number of hydrogen-bond donors (Lipinski definition) is 0. The van der Waals surface area contributed by atoms with Crippen LogP contribution in [0.3, 0.4) is 0 Å². The molecule has 0 spiro atoms. The molecule has 1 aliphatic rings. The molecular formula is C22H26FNO4S. The number of nitrogens with zero attached hydrogens (tertiary/aromatic N) is 1. The molecule has 0 bridgehead atoms. The average Bonchev–Trinajstić information content (AvgIpc) is 2.68. The number of halogens is 1. The van der Waals surface area contributed by atoms with Gasteiger partial charge < -0.3 is 4.74 Å². The van der Waals surface area contributed by atoms with Gasteiger partial charge >= 0.3 is 5.97 Å². The van der Waals surface area contributed by atoms with Crippen LogP contribution in [0.5, 0.6) is 5.75 Å². The van der Waals surface area contributed by atoms with Crippen molar-refractivity contribution in [2.75, 3.05) is 13.1 Å². The third-order valence-corrected chi connectivity index (χ3v) is 7.23. The lowest BCUT2D eigenvalue weighted by atomic mass is 9.97. The van der Waals surface area contributed by atoms with Crippen molar-refractivity contribution in [3.05, 3.63) is 59.4 Å². The van der Waals surface area contributed by atoms with Crippen molar-refractivity contribution in [3.8, 4) is 5.75 Å². The van der Waals surface area contributed by atoms with Crippen molar-refractivity contribution in [2.24, 2.45) is 5.92 Å². The van der Waals surface area contributed by atoms with E-state index in [0.717, 1.165) is 17.7 Å². The minimum atomic E-state index is -3.69. The van der Waals surface area contributed by atoms with Gasteiger partial charge in [-0.25, -0.2) is 12.8 Å². The van der Waals surface area contributed by atoms with E-state index in [9.17, 15) is 17.6 Å². The Morgan fingerprint density at radius 1 is 1.10 bits per heavy atom. The molecule has 5 nitrogen and oxygen atoms in total. The molecule has 3 rings (SSSR count). The van der Waals surface area contributed by atoms with E-state index in [0.29, 0.717) is 24.5 Å². The predicted molar refractivity (Wildman–Crippen MR) is 109 cm³/mol. The average molecular weight is 420 g/mol. The van der Waals surface area contributed by atoms with E-state index >= 15 is 0 Å². The van der Waals surface area contributed by atoms with Gasteiger partial charge in [0, 0.05) is 13.1 Å². The summed E-state index contributed by atoms with van der Waals surface area (Å²) in [7, 11) is -3.69. The monoisotopic (exact) mass is 419 g/mol. The first-order chi connectivity index (χ1) is 13.7. The highest BCUT2D eigenvalue weighted by molar-refractivity contribution is 7.89. The van der Waals surface area contributed by atoms with Gasteiger partial charge in [-0.3, -0.25) is 4.79 Å². The summed E-state index contributed by atoms with van der Waals surface area (Å²) in [6, 6.07) is 10.4. The Morgan fingerprint density at radius 3 is 2.28 bits per heavy atom. The normalized spacial score (nSPS) is 16.2. The quantitative estimate of drug-likeness (QED) is 0.537. The van der Waals surface area contributed by atoms with Crippen molar-refractivity contribution in [1.29, 1.82) is 0 Å². The smallest absolute Gasteiger partial charge is 0.314 e. The fourth-order valence-electron chi connectivity index (χ4n) is 3.65. The van der Waals surface area contributed by atoms with Crippen LogP contribution in [-0.2, 0) is 14.8 Å². The van der Waals surface area contributed by atoms with Crippen molar-refractivity contribution < 1.29 is 22.3 Å². The fraction of sp³-hybridized carbons (Fsp3) is 0.409. The summed E-state index contributed by atoms with van der Waals surface area (Å²) >= 11 is 0. The second-order valence-electron chi connectivity index (χ2n) is 7.73. The summed E-state index contributed by atoms with van der Waals surface area (Å²) in [6.45, 7) is 6.67. The van der Waals surface area contributed by atoms with E-state index in [2.05, 4.69) is 13.8 Å². The van der Waals surface area contributed by atoms with Gasteiger partial charge in [0.1, 0.15) is 11.6 Å². The Bertz CT molecular complexity index is 978. The topological polar surface area (TPSA) is 63.7 Å². The van der Waals surface area contributed by atoms with Crippen LogP contribution in [0.15, 0.2) is 47.4 Å². The van der Waals surface area contributed by atoms with Gasteiger partial charge in [0.05, 0.1) is 10.8 Å². The molecule has 0 saturated carbocycles. The molecule has 1 saturated heterocycles. The molecule has 0 amide bonds. The summed E-state index contributed by atoms with van der Waals surface area (Å²) in [4.78, 5) is 12.6. The molecule has 2 aromatic carbocycles. The maximum atomic E-state index is 13.1. The zero-order valence-corrected chi connectivity index (χ0v) is 17.7. The summed E-state index contributed by atoms with van der Waals surface area (Å²) in [6.07, 6.45) is 0.782. The second-order valence-corrected chi connectivity index (χ2v) is 9.66. The summed E-state index contributed by atoms with van der Waals surface area (Å²) in [5.74, 6) is -0.257. The van der Waals surface area contributed by atoms with Crippen LogP contribution in [0.25, 0.3) is 0 Å². The Hall–Kier alpha value is -2.25. The number of sulfonamides is 1. The number of carbonyl (C=O) groups is 1. The first kappa shape index (κ1) is 21.5. The lowest BCUT2D eigenvalue weighted by Gasteiger charge is -2.30. The third-order valence-electron chi connectivity index (χ3n) is 5.32. The molecule has 0 aromatic heterocycles. The molecule has 0 N–H and O–H groups in total. The number of carbonyl (C=O) groups excluding carboxylic acids is 1. The molecule has 0 radical (unpaired) electrons. The summed E-state index contributed by atoms with van der Waals surface area (Å²) < 4.78 is 45.3. The number of esters is 1. The predicted octanol–water partition coefficient (Wildman–Crippen LogP) is 4.26. The van der Waals surface area contributed by atoms with Crippen LogP contribution in [0.4, 0.5) is 4.39 Å². The molecule has 2 aromatic rings. The maximum absolute atomic E-state index is 13.1. The number of rotatable bonds is 5. The molecule has 1 fully saturated rings. The Kier molecular flexibility index (Phi) is 6.39. The lowest BCUT2D eigenvalue weighted by molar-refractivity contribution is -0.140. The SMILES string of the molecule is Cc1cc(OC(=O)C2CCN(S(=O)(=O)c3ccc(F)cc3)CC2)ccc1C(C)C. The molecule has 0 unspecified atom stereocenters. The highest BCUT2D eigenvalue weighted by Crippen LogP contribution is 2.27. The summed E-state index contributed by atoms with van der Waals surface area (Å²) in [5, 5.41) is 0. The zero-order valence-electron chi connectivity index (χ0n) is 16.9. The van der Waals surface area contributed by atoms with Crippen LogP contribution in [-0.4, -0.2) is 31.8 Å². The minimum Gasteiger partial charge on any atom is -0.426 e. The molecule has 0 atom stereocenters. The minimum absolute atomic E-state index is 0.0562. The van der Waals surface area contributed by atoms with Crippen LogP contribution < -0.4 is 4.74 Å². The van der Waals surface area contributed by atoms with Gasteiger partial charge in [0.15, 0.2) is 0 Å². The molecule has 156 valence electrons. The molecule has 1 aliphatic heterocycles. The standard InChI is InChI=1S/C22H26FNO4S/c1-15(2)21-9-6-19(14-16(21)3)28-22(25)17-10-12-24(13-11-17)29(26,27)20-7-4-18(23)5-8-20/h4-9,14-15,17H,10-13H2,1-3H3. The highest BCUT2D eigenvalue weighted by atomic mass is 32.2. The van der Waals surface area contributed by atoms with Gasteiger partial charge in [-0.15, -0.1) is 0 Å². The van der Waals surface area contributed by atoms with Crippen molar-refractivity contribution in [2.45, 2.75) is 44.4 Å². The summed E-state index contributed by atoms with van der Waals surface area (Å²) in [5.41, 5.74) is 2.29. The van der Waals surface area contributed by atoms with E-state index < -0.39 is 15.8 Å². The first-order valence-electron chi connectivity index (χ1n) is 9.76. The van der Waals surface area contributed by atoms with Gasteiger partial charge in [-0.1, -0.05) is 19.9 Å². The first-order valence-corrected chi connectivity index (χ1v) is 11.2. The van der Waals surface area contributed by atoms with Crippen LogP contribution in [0.1, 0.15) is 43.7 Å². The van der Waals surface area contributed by atoms with Crippen molar-refractivity contribution in [3.63, 3.8) is 0 Å². The number of ether oxygens (including phenoxy) is 1. The fourth-order valence-corrected chi connectivity index (χ4v) is 5.12. The largest absolute Gasteiger partial charge is 0.426 e. The van der Waals surface area contributed by atoms with E-state index in [1.54, 1.807) is 6.07 Å². The maximum Gasteiger partial charge on any atom is 0.314 e. The van der Waals surface area contributed by atoms with E-state index in [1.807, 2.05) is 19.1 Å². The number of aryl methyl sites for hydroxylation is 1. The van der Waals surface area contributed by atoms with Crippen LogP contribution in [0, 0.1) is 18.7 Å². The van der Waals surface area contributed by atoms with Gasteiger partial charge in [0.25, 0.3) is 0 Å². The van der Waals surface area contributed by atoms with E-state index in [-0.39, 0.29) is 29.9 Å². The Morgan fingerprint density at radius 2 is 1.72 bits per heavy atom. The van der Waals surface area contributed by atoms with Crippen LogP contribution >= 0.6 is 0 Å². The molecule has 7 heteroatoms. The van der Waals surface area contributed by atoms with Gasteiger partial charge in [-0.2, -0.15) is 4.31 Å². The van der Waals surface area contributed by atoms with Crippen molar-refractivity contribution >= 4 is 16.0 Å². The molecule has 29 heavy (non-hydrogen) atoms. The molecule has 1 heterocycles. The lowest BCUT2D eigenvalue weighted by Crippen LogP contribution is -2.41. The number of piperidine rings is 1.